The van der Waals surface area contributed by atoms with Crippen molar-refractivity contribution in [2.75, 3.05) is 31.7 Å². The molecule has 0 spiro atoms. The lowest BCUT2D eigenvalue weighted by Gasteiger charge is -2.23. The minimum absolute atomic E-state index is 0.0514. The lowest BCUT2D eigenvalue weighted by atomic mass is 10.3. The normalized spacial score (nSPS) is 19.5. The molecule has 98 valence electrons. The van der Waals surface area contributed by atoms with Crippen molar-refractivity contribution in [3.05, 3.63) is 22.8 Å². The molecule has 2 heterocycles. The second-order valence-electron chi connectivity index (χ2n) is 3.78. The minimum Gasteiger partial charge on any atom is -0.476 e. The summed E-state index contributed by atoms with van der Waals surface area (Å²) < 4.78 is 10.7. The number of aromatic carboxylic acids is 1. The van der Waals surface area contributed by atoms with Gasteiger partial charge in [-0.15, -0.1) is 0 Å². The average Bonchev–Trinajstić information content (AvgIpc) is 2.38. The first kappa shape index (κ1) is 13.1. The third-order valence-corrected chi connectivity index (χ3v) is 2.75. The van der Waals surface area contributed by atoms with Gasteiger partial charge >= 0.3 is 5.97 Å². The van der Waals surface area contributed by atoms with E-state index in [4.69, 9.17) is 26.2 Å². The van der Waals surface area contributed by atoms with Crippen LogP contribution in [-0.4, -0.2) is 48.5 Å². The molecule has 1 saturated heterocycles. The molecule has 6 nitrogen and oxygen atoms in total. The zero-order valence-corrected chi connectivity index (χ0v) is 10.3. The monoisotopic (exact) mass is 272 g/mol. The van der Waals surface area contributed by atoms with Crippen molar-refractivity contribution in [2.45, 2.75) is 6.10 Å². The van der Waals surface area contributed by atoms with Crippen LogP contribution >= 0.6 is 11.6 Å². The Bertz CT molecular complexity index is 435. The summed E-state index contributed by atoms with van der Waals surface area (Å²) in [6.07, 6.45) is -0.0514. The van der Waals surface area contributed by atoms with Crippen molar-refractivity contribution < 1.29 is 19.4 Å². The number of carbonyl (C=O) groups is 1. The van der Waals surface area contributed by atoms with E-state index in [-0.39, 0.29) is 16.8 Å². The fourth-order valence-electron chi connectivity index (χ4n) is 1.56. The molecule has 1 unspecified atom stereocenters. The molecule has 0 aromatic carbocycles. The molecule has 1 aromatic rings. The third kappa shape index (κ3) is 3.32. The van der Waals surface area contributed by atoms with Gasteiger partial charge in [0.2, 0.25) is 0 Å². The van der Waals surface area contributed by atoms with E-state index in [0.717, 1.165) is 0 Å². The molecule has 1 aliphatic heterocycles. The second kappa shape index (κ2) is 5.99. The van der Waals surface area contributed by atoms with E-state index < -0.39 is 5.97 Å². The summed E-state index contributed by atoms with van der Waals surface area (Å²) in [5, 5.41) is 12.0. The quantitative estimate of drug-likeness (QED) is 0.859. The number of pyridine rings is 1. The molecule has 0 aliphatic carbocycles. The van der Waals surface area contributed by atoms with E-state index in [2.05, 4.69) is 10.3 Å². The Kier molecular flexibility index (Phi) is 4.35. The van der Waals surface area contributed by atoms with Gasteiger partial charge in [0.25, 0.3) is 0 Å². The largest absolute Gasteiger partial charge is 0.476 e. The fraction of sp³-hybridized carbons (Fsp3) is 0.455. The SMILES string of the molecule is O=C(O)c1nc(NCC2COCCO2)ccc1Cl. The number of hydrogen-bond acceptors (Lipinski definition) is 5. The average molecular weight is 273 g/mol. The highest BCUT2D eigenvalue weighted by molar-refractivity contribution is 6.33. The first-order valence-corrected chi connectivity index (χ1v) is 5.87. The van der Waals surface area contributed by atoms with E-state index in [9.17, 15) is 4.79 Å². The van der Waals surface area contributed by atoms with Crippen LogP contribution in [0.4, 0.5) is 5.82 Å². The van der Waals surface area contributed by atoms with E-state index in [1.54, 1.807) is 6.07 Å². The fourth-order valence-corrected chi connectivity index (χ4v) is 1.75. The topological polar surface area (TPSA) is 80.7 Å². The van der Waals surface area contributed by atoms with Gasteiger partial charge in [0, 0.05) is 6.54 Å². The van der Waals surface area contributed by atoms with Crippen LogP contribution in [0.15, 0.2) is 12.1 Å². The summed E-state index contributed by atoms with van der Waals surface area (Å²) in [6.45, 7) is 2.21. The molecule has 18 heavy (non-hydrogen) atoms. The molecule has 1 aromatic heterocycles. The number of nitrogens with zero attached hydrogens (tertiary/aromatic N) is 1. The van der Waals surface area contributed by atoms with E-state index in [1.807, 2.05) is 0 Å². The van der Waals surface area contributed by atoms with Crippen molar-refractivity contribution in [1.82, 2.24) is 4.98 Å². The zero-order chi connectivity index (χ0) is 13.0. The molecule has 0 amide bonds. The lowest BCUT2D eigenvalue weighted by molar-refractivity contribution is -0.0819. The van der Waals surface area contributed by atoms with Crippen molar-refractivity contribution in [2.24, 2.45) is 0 Å². The first-order valence-electron chi connectivity index (χ1n) is 5.50. The maximum atomic E-state index is 10.9. The van der Waals surface area contributed by atoms with Crippen molar-refractivity contribution >= 4 is 23.4 Å². The Balaban J connectivity index is 1.96. The van der Waals surface area contributed by atoms with Gasteiger partial charge in [-0.25, -0.2) is 9.78 Å². The molecular formula is C11H13ClN2O4. The molecule has 1 aliphatic rings. The highest BCUT2D eigenvalue weighted by atomic mass is 35.5. The number of rotatable bonds is 4. The molecule has 2 N–H and O–H groups in total. The summed E-state index contributed by atoms with van der Waals surface area (Å²) in [4.78, 5) is 14.8. The molecule has 1 fully saturated rings. The Morgan fingerprint density at radius 3 is 3.06 bits per heavy atom. The van der Waals surface area contributed by atoms with Crippen LogP contribution in [0.25, 0.3) is 0 Å². The second-order valence-corrected chi connectivity index (χ2v) is 4.19. The van der Waals surface area contributed by atoms with Crippen LogP contribution in [0.1, 0.15) is 10.5 Å². The summed E-state index contributed by atoms with van der Waals surface area (Å²) in [5.74, 6) is -0.702. The Labute approximate surface area is 109 Å². The van der Waals surface area contributed by atoms with Gasteiger partial charge in [-0.05, 0) is 12.1 Å². The number of ether oxygens (including phenoxy) is 2. The Hall–Kier alpha value is -1.37. The summed E-state index contributed by atoms with van der Waals surface area (Å²) in [7, 11) is 0. The van der Waals surface area contributed by atoms with E-state index in [1.165, 1.54) is 6.07 Å². The van der Waals surface area contributed by atoms with Crippen molar-refractivity contribution in [3.63, 3.8) is 0 Å². The molecular weight excluding hydrogens is 260 g/mol. The van der Waals surface area contributed by atoms with Gasteiger partial charge in [-0.3, -0.25) is 0 Å². The number of carboxylic acid groups (broad SMARTS) is 1. The van der Waals surface area contributed by atoms with Gasteiger partial charge in [-0.2, -0.15) is 0 Å². The van der Waals surface area contributed by atoms with Crippen LogP contribution in [0.5, 0.6) is 0 Å². The molecule has 1 atom stereocenters. The van der Waals surface area contributed by atoms with Crippen molar-refractivity contribution in [1.29, 1.82) is 0 Å². The van der Waals surface area contributed by atoms with E-state index in [0.29, 0.717) is 32.2 Å². The van der Waals surface area contributed by atoms with Gasteiger partial charge in [0.15, 0.2) is 5.69 Å². The number of carboxylic acids is 1. The molecule has 0 bridgehead atoms. The standard InChI is InChI=1S/C11H13ClN2O4/c12-8-1-2-9(14-10(8)11(15)16)13-5-7-6-17-3-4-18-7/h1-2,7H,3-6H2,(H,13,14)(H,15,16). The summed E-state index contributed by atoms with van der Waals surface area (Å²) in [6, 6.07) is 3.12. The number of nitrogens with one attached hydrogen (secondary N) is 1. The summed E-state index contributed by atoms with van der Waals surface area (Å²) in [5.41, 5.74) is -0.164. The molecule has 2 rings (SSSR count). The Morgan fingerprint density at radius 2 is 2.39 bits per heavy atom. The first-order chi connectivity index (χ1) is 8.66. The lowest BCUT2D eigenvalue weighted by Crippen LogP contribution is -2.34. The van der Waals surface area contributed by atoms with E-state index >= 15 is 0 Å². The maximum Gasteiger partial charge on any atom is 0.356 e. The molecule has 7 heteroatoms. The zero-order valence-electron chi connectivity index (χ0n) is 9.56. The number of halogens is 1. The maximum absolute atomic E-state index is 10.9. The van der Waals surface area contributed by atoms with Gasteiger partial charge in [0.1, 0.15) is 5.82 Å². The van der Waals surface area contributed by atoms with Crippen LogP contribution in [0.2, 0.25) is 5.02 Å². The van der Waals surface area contributed by atoms with Gasteiger partial charge < -0.3 is 19.9 Å². The number of hydrogen-bond donors (Lipinski definition) is 2. The van der Waals surface area contributed by atoms with Gasteiger partial charge in [-0.1, -0.05) is 11.6 Å². The smallest absolute Gasteiger partial charge is 0.356 e. The number of aromatic nitrogens is 1. The van der Waals surface area contributed by atoms with Crippen LogP contribution in [-0.2, 0) is 9.47 Å². The number of anilines is 1. The van der Waals surface area contributed by atoms with Gasteiger partial charge in [0.05, 0.1) is 30.9 Å². The molecule has 0 saturated carbocycles. The highest BCUT2D eigenvalue weighted by Gasteiger charge is 2.15. The van der Waals surface area contributed by atoms with Crippen LogP contribution < -0.4 is 5.32 Å². The molecule has 0 radical (unpaired) electrons. The Morgan fingerprint density at radius 1 is 1.56 bits per heavy atom. The third-order valence-electron chi connectivity index (χ3n) is 2.44. The highest BCUT2D eigenvalue weighted by Crippen LogP contribution is 2.16. The van der Waals surface area contributed by atoms with Crippen LogP contribution in [0.3, 0.4) is 0 Å². The van der Waals surface area contributed by atoms with Crippen LogP contribution in [0, 0.1) is 0 Å². The van der Waals surface area contributed by atoms with Crippen molar-refractivity contribution in [3.8, 4) is 0 Å². The minimum atomic E-state index is -1.15. The predicted octanol–water partition coefficient (Wildman–Crippen LogP) is 1.26. The predicted molar refractivity (Wildman–Crippen MR) is 65.3 cm³/mol. The summed E-state index contributed by atoms with van der Waals surface area (Å²) >= 11 is 5.72.